The fourth-order valence-electron chi connectivity index (χ4n) is 2.54. The zero-order valence-electron chi connectivity index (χ0n) is 14.5. The average Bonchev–Trinajstić information content (AvgIpc) is 2.62. The smallest absolute Gasteiger partial charge is 0.255 e. The molecule has 5 nitrogen and oxygen atoms in total. The number of benzene rings is 2. The van der Waals surface area contributed by atoms with Gasteiger partial charge in [0.05, 0.1) is 25.9 Å². The van der Waals surface area contributed by atoms with E-state index in [0.29, 0.717) is 23.6 Å². The van der Waals surface area contributed by atoms with Crippen molar-refractivity contribution in [2.24, 2.45) is 0 Å². The van der Waals surface area contributed by atoms with Crippen molar-refractivity contribution >= 4 is 5.91 Å². The van der Waals surface area contributed by atoms with Crippen LogP contribution in [0.1, 0.15) is 27.6 Å². The van der Waals surface area contributed by atoms with E-state index in [2.05, 4.69) is 5.32 Å². The molecular weight excluding hydrogens is 306 g/mol. The maximum Gasteiger partial charge on any atom is 0.255 e. The van der Waals surface area contributed by atoms with Crippen LogP contribution in [0.25, 0.3) is 0 Å². The Bertz CT molecular complexity index is 700. The van der Waals surface area contributed by atoms with E-state index in [1.807, 2.05) is 31.2 Å². The summed E-state index contributed by atoms with van der Waals surface area (Å²) in [5.41, 5.74) is 2.64. The van der Waals surface area contributed by atoms with E-state index in [-0.39, 0.29) is 12.0 Å². The molecule has 0 fully saturated rings. The van der Waals surface area contributed by atoms with Crippen molar-refractivity contribution in [2.45, 2.75) is 13.0 Å². The lowest BCUT2D eigenvalue weighted by molar-refractivity contribution is 0.0823. The first-order chi connectivity index (χ1) is 11.6. The third-order valence-electron chi connectivity index (χ3n) is 3.92. The number of carbonyl (C=O) groups is 1. The van der Waals surface area contributed by atoms with Crippen molar-refractivity contribution < 1.29 is 19.0 Å². The van der Waals surface area contributed by atoms with E-state index < -0.39 is 0 Å². The molecule has 0 aliphatic carbocycles. The van der Waals surface area contributed by atoms with Gasteiger partial charge in [-0.15, -0.1) is 0 Å². The van der Waals surface area contributed by atoms with Crippen LogP contribution in [-0.4, -0.2) is 33.8 Å². The highest BCUT2D eigenvalue weighted by Crippen LogP contribution is 2.25. The summed E-state index contributed by atoms with van der Waals surface area (Å²) in [4.78, 5) is 12.5. The predicted molar refractivity (Wildman–Crippen MR) is 92.8 cm³/mol. The van der Waals surface area contributed by atoms with E-state index in [1.54, 1.807) is 32.4 Å². The third-order valence-corrected chi connectivity index (χ3v) is 3.92. The minimum absolute atomic E-state index is 0.209. The van der Waals surface area contributed by atoms with Crippen LogP contribution in [0.3, 0.4) is 0 Å². The summed E-state index contributed by atoms with van der Waals surface area (Å²) in [5, 5.41) is 2.90. The molecule has 2 aromatic rings. The van der Waals surface area contributed by atoms with Crippen molar-refractivity contribution in [3.8, 4) is 11.5 Å². The van der Waals surface area contributed by atoms with Gasteiger partial charge in [0.1, 0.15) is 11.5 Å². The van der Waals surface area contributed by atoms with Crippen LogP contribution in [0.5, 0.6) is 11.5 Å². The van der Waals surface area contributed by atoms with Crippen molar-refractivity contribution in [1.82, 2.24) is 5.32 Å². The minimum Gasteiger partial charge on any atom is -0.497 e. The highest BCUT2D eigenvalue weighted by atomic mass is 16.5. The third kappa shape index (κ3) is 4.06. The molecule has 0 radical (unpaired) electrons. The fraction of sp³-hybridized carbons (Fsp3) is 0.316. The molecule has 2 aromatic carbocycles. The molecule has 0 bridgehead atoms. The molecule has 24 heavy (non-hydrogen) atoms. The van der Waals surface area contributed by atoms with Gasteiger partial charge in [-0.2, -0.15) is 0 Å². The predicted octanol–water partition coefficient (Wildman–Crippen LogP) is 3.13. The molecule has 1 atom stereocenters. The Labute approximate surface area is 142 Å². The van der Waals surface area contributed by atoms with Gasteiger partial charge in [0.2, 0.25) is 0 Å². The van der Waals surface area contributed by atoms with Crippen molar-refractivity contribution in [2.75, 3.05) is 27.9 Å². The van der Waals surface area contributed by atoms with Gasteiger partial charge in [-0.1, -0.05) is 24.3 Å². The van der Waals surface area contributed by atoms with Gasteiger partial charge >= 0.3 is 0 Å². The number of methoxy groups -OCH3 is 3. The highest BCUT2D eigenvalue weighted by molar-refractivity contribution is 5.97. The van der Waals surface area contributed by atoms with Gasteiger partial charge in [0.25, 0.3) is 5.91 Å². The van der Waals surface area contributed by atoms with Crippen LogP contribution in [0.2, 0.25) is 0 Å². The van der Waals surface area contributed by atoms with Crippen molar-refractivity contribution in [3.05, 3.63) is 59.2 Å². The maximum atomic E-state index is 12.5. The zero-order valence-corrected chi connectivity index (χ0v) is 14.5. The molecule has 0 aromatic heterocycles. The quantitative estimate of drug-likeness (QED) is 0.848. The van der Waals surface area contributed by atoms with E-state index in [9.17, 15) is 4.79 Å². The molecule has 0 aliphatic rings. The van der Waals surface area contributed by atoms with Crippen LogP contribution in [0, 0.1) is 6.92 Å². The van der Waals surface area contributed by atoms with Gasteiger partial charge < -0.3 is 19.5 Å². The van der Waals surface area contributed by atoms with Crippen molar-refractivity contribution in [3.63, 3.8) is 0 Å². The highest BCUT2D eigenvalue weighted by Gasteiger charge is 2.17. The Morgan fingerprint density at radius 3 is 2.46 bits per heavy atom. The summed E-state index contributed by atoms with van der Waals surface area (Å²) in [6.45, 7) is 2.39. The van der Waals surface area contributed by atoms with Crippen LogP contribution in [0.4, 0.5) is 0 Å². The van der Waals surface area contributed by atoms with Gasteiger partial charge in [0, 0.05) is 19.7 Å². The molecule has 1 N–H and O–H groups in total. The monoisotopic (exact) mass is 329 g/mol. The molecular formula is C19H23NO4. The topological polar surface area (TPSA) is 56.8 Å². The molecule has 128 valence electrons. The number of nitrogens with one attached hydrogen (secondary N) is 1. The number of hydrogen-bond donors (Lipinski definition) is 1. The molecule has 0 spiro atoms. The molecule has 5 heteroatoms. The van der Waals surface area contributed by atoms with Gasteiger partial charge in [0.15, 0.2) is 0 Å². The van der Waals surface area contributed by atoms with E-state index in [4.69, 9.17) is 14.2 Å². The lowest BCUT2D eigenvalue weighted by atomic mass is 10.0. The lowest BCUT2D eigenvalue weighted by Gasteiger charge is -2.19. The van der Waals surface area contributed by atoms with Crippen LogP contribution in [0.15, 0.2) is 42.5 Å². The summed E-state index contributed by atoms with van der Waals surface area (Å²) in [6, 6.07) is 13.1. The molecule has 1 unspecified atom stereocenters. The van der Waals surface area contributed by atoms with Crippen LogP contribution in [-0.2, 0) is 4.74 Å². The first-order valence-electron chi connectivity index (χ1n) is 7.69. The Morgan fingerprint density at radius 2 is 1.83 bits per heavy atom. The molecule has 0 aliphatic heterocycles. The second kappa shape index (κ2) is 8.36. The Balaban J connectivity index is 2.11. The first kappa shape index (κ1) is 17.8. The number of amides is 1. The fourth-order valence-corrected chi connectivity index (χ4v) is 2.54. The first-order valence-corrected chi connectivity index (χ1v) is 7.69. The summed E-state index contributed by atoms with van der Waals surface area (Å²) in [7, 11) is 4.73. The van der Waals surface area contributed by atoms with Crippen LogP contribution >= 0.6 is 0 Å². The Hall–Kier alpha value is -2.53. The van der Waals surface area contributed by atoms with Crippen LogP contribution < -0.4 is 14.8 Å². The molecule has 0 saturated heterocycles. The normalized spacial score (nSPS) is 11.7. The second-order valence-corrected chi connectivity index (χ2v) is 5.36. The number of rotatable bonds is 7. The van der Waals surface area contributed by atoms with Gasteiger partial charge in [-0.05, 0) is 30.2 Å². The summed E-state index contributed by atoms with van der Waals surface area (Å²) < 4.78 is 16.0. The Kier molecular flexibility index (Phi) is 6.21. The molecule has 2 rings (SSSR count). The minimum atomic E-state index is -0.217. The number of ether oxygens (including phenoxy) is 3. The maximum absolute atomic E-state index is 12.5. The molecule has 1 amide bonds. The van der Waals surface area contributed by atoms with Gasteiger partial charge in [-0.25, -0.2) is 0 Å². The molecule has 0 saturated carbocycles. The standard InChI is InChI=1S/C19H23NO4/c1-13-7-5-6-8-15(13)18(24-4)12-20-19(21)16-10-9-14(22-2)11-17(16)23-3/h5-11,18H,12H2,1-4H3,(H,20,21). The second-order valence-electron chi connectivity index (χ2n) is 5.36. The Morgan fingerprint density at radius 1 is 1.08 bits per heavy atom. The summed E-state index contributed by atoms with van der Waals surface area (Å²) in [6.07, 6.45) is -0.209. The van der Waals surface area contributed by atoms with E-state index in [1.165, 1.54) is 7.11 Å². The number of aryl methyl sites for hydroxylation is 1. The zero-order chi connectivity index (χ0) is 17.5. The number of hydrogen-bond acceptors (Lipinski definition) is 4. The number of carbonyl (C=O) groups excluding carboxylic acids is 1. The summed E-state index contributed by atoms with van der Waals surface area (Å²) >= 11 is 0. The van der Waals surface area contributed by atoms with Gasteiger partial charge in [-0.3, -0.25) is 4.79 Å². The molecule has 0 heterocycles. The van der Waals surface area contributed by atoms with E-state index >= 15 is 0 Å². The van der Waals surface area contributed by atoms with E-state index in [0.717, 1.165) is 11.1 Å². The summed E-state index contributed by atoms with van der Waals surface area (Å²) in [5.74, 6) is 0.889. The average molecular weight is 329 g/mol. The largest absolute Gasteiger partial charge is 0.497 e. The lowest BCUT2D eigenvalue weighted by Crippen LogP contribution is -2.29. The van der Waals surface area contributed by atoms with Crippen molar-refractivity contribution in [1.29, 1.82) is 0 Å². The SMILES string of the molecule is COc1ccc(C(=O)NCC(OC)c2ccccc2C)c(OC)c1.